The van der Waals surface area contributed by atoms with Gasteiger partial charge in [-0.1, -0.05) is 73.3 Å². The monoisotopic (exact) mass is 627 g/mol. The minimum atomic E-state index is -1.03. The number of unbranched alkanes of at least 4 members (excludes halogenated alkanes) is 1. The van der Waals surface area contributed by atoms with Gasteiger partial charge in [0.25, 0.3) is 0 Å². The lowest BCUT2D eigenvalue weighted by atomic mass is 10.0. The van der Waals surface area contributed by atoms with E-state index in [1.807, 2.05) is 30.3 Å². The lowest BCUT2D eigenvalue weighted by molar-refractivity contribution is -0.145. The molecular formula is C31H40ClN6O6-. The van der Waals surface area contributed by atoms with Gasteiger partial charge in [-0.25, -0.2) is 4.79 Å². The Bertz CT molecular complexity index is 1260. The van der Waals surface area contributed by atoms with Crippen LogP contribution in [0.1, 0.15) is 37.3 Å². The van der Waals surface area contributed by atoms with Gasteiger partial charge in [-0.2, -0.15) is 0 Å². The van der Waals surface area contributed by atoms with E-state index in [1.165, 1.54) is 14.0 Å². The molecule has 44 heavy (non-hydrogen) atoms. The second-order valence-corrected chi connectivity index (χ2v) is 10.0. The maximum absolute atomic E-state index is 13.5. The van der Waals surface area contributed by atoms with Gasteiger partial charge in [0.2, 0.25) is 17.7 Å². The number of hydrogen-bond donors (Lipinski definition) is 4. The third-order valence-electron chi connectivity index (χ3n) is 6.40. The molecule has 238 valence electrons. The quantitative estimate of drug-likeness (QED) is 0.0646. The first kappa shape index (κ1) is 35.6. The predicted molar refractivity (Wildman–Crippen MR) is 169 cm³/mol. The van der Waals surface area contributed by atoms with Crippen molar-refractivity contribution in [1.29, 1.82) is 0 Å². The van der Waals surface area contributed by atoms with Crippen LogP contribution in [0.15, 0.2) is 71.8 Å². The van der Waals surface area contributed by atoms with Crippen molar-refractivity contribution in [2.75, 3.05) is 20.3 Å². The number of carbonyl (C=O) groups is 4. The topological polar surface area (TPSA) is 175 Å². The average molecular weight is 628 g/mol. The van der Waals surface area contributed by atoms with Crippen molar-refractivity contribution in [3.05, 3.63) is 83.7 Å². The van der Waals surface area contributed by atoms with Crippen LogP contribution in [-0.2, 0) is 36.8 Å². The van der Waals surface area contributed by atoms with Crippen LogP contribution in [0.2, 0.25) is 0 Å². The molecule has 2 aromatic carbocycles. The van der Waals surface area contributed by atoms with E-state index in [2.05, 4.69) is 32.4 Å². The Kier molecular flexibility index (Phi) is 15.8. The number of ether oxygens (including phenoxy) is 2. The summed E-state index contributed by atoms with van der Waals surface area (Å²) in [4.78, 5) is 51.6. The second kappa shape index (κ2) is 19.6. The maximum Gasteiger partial charge on any atom is 0.328 e. The number of hydrogen-bond acceptors (Lipinski definition) is 7. The van der Waals surface area contributed by atoms with Gasteiger partial charge >= 0.3 is 5.97 Å². The predicted octanol–water partition coefficient (Wildman–Crippen LogP) is 2.70. The van der Waals surface area contributed by atoms with Gasteiger partial charge in [-0.15, -0.1) is 0 Å². The Morgan fingerprint density at radius 2 is 1.55 bits per heavy atom. The first-order valence-corrected chi connectivity index (χ1v) is 14.4. The summed E-state index contributed by atoms with van der Waals surface area (Å²) in [5.41, 5.74) is 7.07. The van der Waals surface area contributed by atoms with E-state index in [-0.39, 0.29) is 25.2 Å². The molecule has 2 rings (SSSR count). The van der Waals surface area contributed by atoms with Gasteiger partial charge in [-0.3, -0.25) is 14.4 Å². The van der Waals surface area contributed by atoms with Gasteiger partial charge in [-0.05, 0) is 42.6 Å². The fraction of sp³-hybridized carbons (Fsp3) is 0.387. The summed E-state index contributed by atoms with van der Waals surface area (Å²) in [6.45, 7) is 5.59. The lowest BCUT2D eigenvalue weighted by Gasteiger charge is -2.25. The van der Waals surface area contributed by atoms with Gasteiger partial charge in [0.15, 0.2) is 0 Å². The number of guanidine groups is 1. The van der Waals surface area contributed by atoms with Crippen molar-refractivity contribution < 1.29 is 28.7 Å². The lowest BCUT2D eigenvalue weighted by Crippen LogP contribution is -2.56. The number of esters is 1. The molecular weight excluding hydrogens is 588 g/mol. The van der Waals surface area contributed by atoms with Crippen LogP contribution in [0.25, 0.3) is 5.32 Å². The molecule has 0 saturated heterocycles. The van der Waals surface area contributed by atoms with Gasteiger partial charge in [0.05, 0.1) is 7.11 Å². The van der Waals surface area contributed by atoms with Crippen LogP contribution >= 0.6 is 11.8 Å². The van der Waals surface area contributed by atoms with Crippen molar-refractivity contribution in [2.24, 2.45) is 10.2 Å². The highest BCUT2D eigenvalue weighted by Crippen LogP contribution is 2.14. The molecule has 0 heterocycles. The SMILES string of the molecule is C=CCOc1ccc(C[C@H](NC(C)=O)C(=O)N[C@@H](CCCC[N-]C(N)=NCl)C(=O)N[C@@H](Cc2ccccc2)C(=O)OC)cc1. The number of rotatable bonds is 18. The second-order valence-electron chi connectivity index (χ2n) is 9.86. The highest BCUT2D eigenvalue weighted by Gasteiger charge is 2.30. The van der Waals surface area contributed by atoms with E-state index in [9.17, 15) is 19.2 Å². The minimum Gasteiger partial charge on any atom is -0.490 e. The van der Waals surface area contributed by atoms with Crippen LogP contribution in [0.4, 0.5) is 0 Å². The standard InChI is InChI=1S/C31H41ClN6O6/c1-4-18-44-24-15-13-23(14-16-24)19-26(35-21(2)39)29(41)36-25(12-8-9-17-34-31(33)38-32)28(40)37-27(30(42)43-3)20-22-10-6-5-7-11-22/h4-7,10-11,13-16,25-27H,1,8-9,12,17-20H2,2-3H3,(H6,33,34,35,36,37,38,39,40,41)/p-1/t25-,26-,27-/m0/s1. The number of nitrogens with one attached hydrogen (secondary N) is 3. The molecule has 13 heteroatoms. The first-order valence-electron chi connectivity index (χ1n) is 14.1. The molecule has 0 aliphatic carbocycles. The Hall–Kier alpha value is -4.58. The van der Waals surface area contributed by atoms with Crippen molar-refractivity contribution in [3.63, 3.8) is 0 Å². The molecule has 0 unspecified atom stereocenters. The third kappa shape index (κ3) is 13.2. The molecule has 5 N–H and O–H groups in total. The summed E-state index contributed by atoms with van der Waals surface area (Å²) in [5.74, 6) is -1.60. The molecule has 3 atom stereocenters. The van der Waals surface area contributed by atoms with E-state index in [0.29, 0.717) is 31.7 Å². The minimum absolute atomic E-state index is 0.0606. The van der Waals surface area contributed by atoms with Gasteiger partial charge < -0.3 is 41.0 Å². The normalized spacial score (nSPS) is 13.0. The molecule has 0 saturated carbocycles. The van der Waals surface area contributed by atoms with Crippen molar-refractivity contribution in [2.45, 2.75) is 57.2 Å². The Morgan fingerprint density at radius 3 is 2.16 bits per heavy atom. The molecule has 12 nitrogen and oxygen atoms in total. The van der Waals surface area contributed by atoms with E-state index < -0.39 is 41.8 Å². The summed E-state index contributed by atoms with van der Waals surface area (Å²) in [6.07, 6.45) is 3.19. The highest BCUT2D eigenvalue weighted by atomic mass is 35.5. The Labute approximate surface area is 262 Å². The van der Waals surface area contributed by atoms with Crippen molar-refractivity contribution in [1.82, 2.24) is 16.0 Å². The van der Waals surface area contributed by atoms with Gasteiger partial charge in [0.1, 0.15) is 30.5 Å². The number of nitrogens with two attached hydrogens (primary N) is 1. The molecule has 0 fully saturated rings. The molecule has 0 aliphatic heterocycles. The number of methoxy groups -OCH3 is 1. The molecule has 0 aliphatic rings. The number of nitrogens with zero attached hydrogens (tertiary/aromatic N) is 2. The molecule has 0 aromatic heterocycles. The zero-order valence-electron chi connectivity index (χ0n) is 25.0. The first-order chi connectivity index (χ1) is 21.2. The maximum atomic E-state index is 13.5. The van der Waals surface area contributed by atoms with E-state index in [1.54, 1.807) is 30.3 Å². The fourth-order valence-electron chi connectivity index (χ4n) is 4.25. The van der Waals surface area contributed by atoms with Crippen LogP contribution in [0.3, 0.4) is 0 Å². The zero-order chi connectivity index (χ0) is 32.3. The largest absolute Gasteiger partial charge is 0.490 e. The summed E-state index contributed by atoms with van der Waals surface area (Å²) in [6, 6.07) is 13.2. The molecule has 0 bridgehead atoms. The van der Waals surface area contributed by atoms with Crippen LogP contribution in [0, 0.1) is 0 Å². The Morgan fingerprint density at radius 1 is 0.932 bits per heavy atom. The number of carbonyl (C=O) groups excluding carboxylic acids is 4. The number of amides is 3. The summed E-state index contributed by atoms with van der Waals surface area (Å²) in [5, 5.41) is 12.1. The highest BCUT2D eigenvalue weighted by molar-refractivity contribution is 6.20. The van der Waals surface area contributed by atoms with Crippen molar-refractivity contribution >= 4 is 41.4 Å². The van der Waals surface area contributed by atoms with E-state index >= 15 is 0 Å². The molecule has 2 aromatic rings. The third-order valence-corrected chi connectivity index (χ3v) is 6.58. The smallest absolute Gasteiger partial charge is 0.328 e. The number of benzene rings is 2. The number of halogens is 1. The van der Waals surface area contributed by atoms with E-state index in [0.717, 1.165) is 11.1 Å². The van der Waals surface area contributed by atoms with Crippen LogP contribution in [0.5, 0.6) is 5.75 Å². The Balaban J connectivity index is 2.20. The summed E-state index contributed by atoms with van der Waals surface area (Å²) >= 11 is 5.30. The van der Waals surface area contributed by atoms with Crippen LogP contribution in [-0.4, -0.2) is 68.0 Å². The molecule has 3 amide bonds. The summed E-state index contributed by atoms with van der Waals surface area (Å²) < 4.78 is 13.7. The molecule has 0 radical (unpaired) electrons. The summed E-state index contributed by atoms with van der Waals surface area (Å²) in [7, 11) is 1.24. The fourth-order valence-corrected chi connectivity index (χ4v) is 4.30. The molecule has 0 spiro atoms. The average Bonchev–Trinajstić information content (AvgIpc) is 3.02. The van der Waals surface area contributed by atoms with Crippen LogP contribution < -0.4 is 26.4 Å². The van der Waals surface area contributed by atoms with Crippen molar-refractivity contribution in [3.8, 4) is 5.75 Å². The zero-order valence-corrected chi connectivity index (χ0v) is 25.7. The van der Waals surface area contributed by atoms with E-state index in [4.69, 9.17) is 27.0 Å². The van der Waals surface area contributed by atoms with Gasteiger partial charge in [0, 0.05) is 25.7 Å².